The van der Waals surface area contributed by atoms with Crippen LogP contribution in [0.3, 0.4) is 0 Å². The summed E-state index contributed by atoms with van der Waals surface area (Å²) in [4.78, 5) is 13.8. The Hall–Kier alpha value is -1.82. The van der Waals surface area contributed by atoms with Gasteiger partial charge in [-0.2, -0.15) is 0 Å². The molecule has 2 rings (SSSR count). The van der Waals surface area contributed by atoms with E-state index in [2.05, 4.69) is 4.72 Å². The highest BCUT2D eigenvalue weighted by Crippen LogP contribution is 2.13. The number of rotatable bonds is 3. The molecule has 0 radical (unpaired) electrons. The molecule has 0 spiro atoms. The number of nitrogens with zero attached hydrogens (tertiary/aromatic N) is 1. The van der Waals surface area contributed by atoms with E-state index in [1.54, 1.807) is 11.0 Å². The highest BCUT2D eigenvalue weighted by molar-refractivity contribution is 7.94. The van der Waals surface area contributed by atoms with Crippen LogP contribution in [0.1, 0.15) is 38.2 Å². The van der Waals surface area contributed by atoms with Gasteiger partial charge in [-0.05, 0) is 31.4 Å². The third-order valence-corrected chi connectivity index (χ3v) is 5.12. The lowest BCUT2D eigenvalue weighted by Crippen LogP contribution is -2.43. The predicted octanol–water partition coefficient (Wildman–Crippen LogP) is 2.96. The zero-order valence-corrected chi connectivity index (χ0v) is 13.6. The molecule has 0 saturated carbocycles. The van der Waals surface area contributed by atoms with Crippen LogP contribution in [0.15, 0.2) is 35.2 Å². The van der Waals surface area contributed by atoms with Gasteiger partial charge in [-0.25, -0.2) is 17.9 Å². The Bertz CT molecular complexity index is 631. The number of nitrogens with one attached hydrogen (secondary N) is 1. The van der Waals surface area contributed by atoms with Gasteiger partial charge >= 0.3 is 6.03 Å². The quantitative estimate of drug-likeness (QED) is 0.930. The maximum atomic E-state index is 12.2. The van der Waals surface area contributed by atoms with Crippen LogP contribution >= 0.6 is 0 Å². The summed E-state index contributed by atoms with van der Waals surface area (Å²) in [6.07, 6.45) is 5.57. The summed E-state index contributed by atoms with van der Waals surface area (Å²) in [6.45, 7) is 2.72. The monoisotopic (exact) mass is 322 g/mol. The molecule has 0 atom stereocenters. The molecule has 0 aromatic heterocycles. The van der Waals surface area contributed by atoms with Crippen molar-refractivity contribution in [1.82, 2.24) is 9.62 Å². The van der Waals surface area contributed by atoms with Crippen LogP contribution in [0.2, 0.25) is 0 Å². The molecule has 0 bridgehead atoms. The Morgan fingerprint density at radius 3 is 2.27 bits per heavy atom. The molecule has 1 aromatic rings. The van der Waals surface area contributed by atoms with Crippen LogP contribution in [0.5, 0.6) is 0 Å². The molecular weight excluding hydrogens is 300 g/mol. The van der Waals surface area contributed by atoms with Gasteiger partial charge in [0.15, 0.2) is 0 Å². The molecular formula is C16H22N2O3S. The topological polar surface area (TPSA) is 66.5 Å². The summed E-state index contributed by atoms with van der Waals surface area (Å²) in [5.74, 6) is 0. The first-order valence-electron chi connectivity index (χ1n) is 7.54. The van der Waals surface area contributed by atoms with Gasteiger partial charge in [-0.15, -0.1) is 0 Å². The standard InChI is InChI=1S/C16H22N2O3S/c1-14(13-15-9-5-4-6-10-15)22(20,21)17-16(19)18-11-7-2-3-8-12-18/h4-6,9-10,13H,2-3,7-8,11-12H2,1H3,(H,17,19). The van der Waals surface area contributed by atoms with E-state index in [-0.39, 0.29) is 4.91 Å². The number of allylic oxidation sites excluding steroid dienone is 1. The van der Waals surface area contributed by atoms with Gasteiger partial charge in [0.05, 0.1) is 4.91 Å². The third-order valence-electron chi connectivity index (χ3n) is 3.71. The first-order chi connectivity index (χ1) is 10.5. The van der Waals surface area contributed by atoms with E-state index in [9.17, 15) is 13.2 Å². The Labute approximate surface area is 132 Å². The number of urea groups is 1. The van der Waals surface area contributed by atoms with Crippen LogP contribution in [-0.2, 0) is 10.0 Å². The van der Waals surface area contributed by atoms with Crippen molar-refractivity contribution >= 4 is 22.1 Å². The molecule has 1 fully saturated rings. The molecule has 1 N–H and O–H groups in total. The maximum absolute atomic E-state index is 12.2. The van der Waals surface area contributed by atoms with E-state index in [0.717, 1.165) is 31.2 Å². The summed E-state index contributed by atoms with van der Waals surface area (Å²) >= 11 is 0. The van der Waals surface area contributed by atoms with E-state index >= 15 is 0 Å². The minimum atomic E-state index is -3.80. The molecule has 2 amide bonds. The van der Waals surface area contributed by atoms with Crippen LogP contribution in [0, 0.1) is 0 Å². The Balaban J connectivity index is 2.06. The van der Waals surface area contributed by atoms with E-state index in [1.807, 2.05) is 30.3 Å². The normalized spacial score (nSPS) is 17.0. The van der Waals surface area contributed by atoms with Crippen LogP contribution in [0.4, 0.5) is 4.79 Å². The van der Waals surface area contributed by atoms with Crippen LogP contribution in [0.25, 0.3) is 6.08 Å². The average molecular weight is 322 g/mol. The summed E-state index contributed by atoms with van der Waals surface area (Å²) < 4.78 is 26.7. The van der Waals surface area contributed by atoms with Crippen molar-refractivity contribution in [1.29, 1.82) is 0 Å². The van der Waals surface area contributed by atoms with Crippen molar-refractivity contribution in [2.75, 3.05) is 13.1 Å². The molecule has 120 valence electrons. The fraction of sp³-hybridized carbons (Fsp3) is 0.438. The van der Waals surface area contributed by atoms with Crippen molar-refractivity contribution in [2.24, 2.45) is 0 Å². The Kier molecular flexibility index (Phi) is 5.60. The molecule has 1 aliphatic heterocycles. The minimum Gasteiger partial charge on any atom is -0.324 e. The van der Waals surface area contributed by atoms with E-state index in [0.29, 0.717) is 13.1 Å². The largest absolute Gasteiger partial charge is 0.331 e. The van der Waals surface area contributed by atoms with Crippen molar-refractivity contribution in [3.63, 3.8) is 0 Å². The van der Waals surface area contributed by atoms with E-state index in [4.69, 9.17) is 0 Å². The molecule has 0 aliphatic carbocycles. The molecule has 1 aliphatic rings. The van der Waals surface area contributed by atoms with Gasteiger partial charge in [0.25, 0.3) is 10.0 Å². The van der Waals surface area contributed by atoms with Gasteiger partial charge in [-0.1, -0.05) is 43.2 Å². The fourth-order valence-electron chi connectivity index (χ4n) is 2.40. The highest BCUT2D eigenvalue weighted by Gasteiger charge is 2.22. The molecule has 1 aromatic carbocycles. The summed E-state index contributed by atoms with van der Waals surface area (Å²) in [5.41, 5.74) is 0.785. The lowest BCUT2D eigenvalue weighted by Gasteiger charge is -2.20. The lowest BCUT2D eigenvalue weighted by molar-refractivity contribution is 0.206. The smallest absolute Gasteiger partial charge is 0.324 e. The second-order valence-electron chi connectivity index (χ2n) is 5.48. The predicted molar refractivity (Wildman–Crippen MR) is 87.6 cm³/mol. The second-order valence-corrected chi connectivity index (χ2v) is 7.33. The molecule has 1 saturated heterocycles. The van der Waals surface area contributed by atoms with Gasteiger partial charge < -0.3 is 4.90 Å². The first-order valence-corrected chi connectivity index (χ1v) is 9.02. The number of benzene rings is 1. The van der Waals surface area contributed by atoms with Crippen molar-refractivity contribution in [3.8, 4) is 0 Å². The second kappa shape index (κ2) is 7.45. The Morgan fingerprint density at radius 2 is 1.68 bits per heavy atom. The summed E-state index contributed by atoms with van der Waals surface area (Å²) in [5, 5.41) is 0. The number of hydrogen-bond donors (Lipinski definition) is 1. The molecule has 22 heavy (non-hydrogen) atoms. The molecule has 1 heterocycles. The number of carbonyl (C=O) groups excluding carboxylic acids is 1. The summed E-state index contributed by atoms with van der Waals surface area (Å²) in [7, 11) is -3.80. The van der Waals surface area contributed by atoms with Crippen molar-refractivity contribution in [2.45, 2.75) is 32.6 Å². The van der Waals surface area contributed by atoms with E-state index < -0.39 is 16.1 Å². The number of carbonyl (C=O) groups is 1. The van der Waals surface area contributed by atoms with Crippen molar-refractivity contribution < 1.29 is 13.2 Å². The highest BCUT2D eigenvalue weighted by atomic mass is 32.2. The zero-order valence-electron chi connectivity index (χ0n) is 12.8. The third kappa shape index (κ3) is 4.59. The van der Waals surface area contributed by atoms with E-state index in [1.165, 1.54) is 6.92 Å². The maximum Gasteiger partial charge on any atom is 0.331 e. The number of sulfonamides is 1. The SMILES string of the molecule is CC(=Cc1ccccc1)S(=O)(=O)NC(=O)N1CCCCCC1. The minimum absolute atomic E-state index is 0.127. The zero-order chi connectivity index (χ0) is 16.0. The lowest BCUT2D eigenvalue weighted by atomic mass is 10.2. The van der Waals surface area contributed by atoms with Gasteiger partial charge in [0, 0.05) is 13.1 Å². The number of likely N-dealkylation sites (tertiary alicyclic amines) is 1. The summed E-state index contributed by atoms with van der Waals surface area (Å²) in [6, 6.07) is 8.64. The first kappa shape index (κ1) is 16.5. The van der Waals surface area contributed by atoms with Crippen molar-refractivity contribution in [3.05, 3.63) is 40.8 Å². The van der Waals surface area contributed by atoms with Gasteiger partial charge in [0.2, 0.25) is 0 Å². The van der Waals surface area contributed by atoms with Gasteiger partial charge in [0.1, 0.15) is 0 Å². The molecule has 5 nitrogen and oxygen atoms in total. The van der Waals surface area contributed by atoms with Gasteiger partial charge in [-0.3, -0.25) is 0 Å². The van der Waals surface area contributed by atoms with Crippen LogP contribution in [-0.4, -0.2) is 32.4 Å². The Morgan fingerprint density at radius 1 is 1.09 bits per heavy atom. The number of hydrogen-bond acceptors (Lipinski definition) is 3. The fourth-order valence-corrected chi connectivity index (χ4v) is 3.21. The van der Waals surface area contributed by atoms with Crippen LogP contribution < -0.4 is 4.72 Å². The average Bonchev–Trinajstić information content (AvgIpc) is 2.77. The molecule has 6 heteroatoms. The number of amides is 2. The molecule has 0 unspecified atom stereocenters.